The summed E-state index contributed by atoms with van der Waals surface area (Å²) in [6, 6.07) is 14.4. The first-order chi connectivity index (χ1) is 12.1. The van der Waals surface area contributed by atoms with Crippen LogP contribution < -0.4 is 10.1 Å². The van der Waals surface area contributed by atoms with Crippen LogP contribution in [0.5, 0.6) is 5.75 Å². The monoisotopic (exact) mass is 372 g/mol. The van der Waals surface area contributed by atoms with Crippen LogP contribution in [0.2, 0.25) is 5.02 Å². The average molecular weight is 373 g/mol. The number of hydrogen-bond donors (Lipinski definition) is 1. The van der Waals surface area contributed by atoms with Gasteiger partial charge in [0.05, 0.1) is 17.2 Å². The molecule has 0 aliphatic carbocycles. The summed E-state index contributed by atoms with van der Waals surface area (Å²) in [6.07, 6.45) is 0. The lowest BCUT2D eigenvalue weighted by molar-refractivity contribution is 0.0939. The van der Waals surface area contributed by atoms with Gasteiger partial charge in [-0.15, -0.1) is 11.3 Å². The number of rotatable bonds is 6. The maximum Gasteiger partial charge on any atom is 0.251 e. The van der Waals surface area contributed by atoms with Gasteiger partial charge in [0.2, 0.25) is 0 Å². The maximum atomic E-state index is 12.5. The Morgan fingerprint density at radius 2 is 2.08 bits per heavy atom. The molecule has 0 bridgehead atoms. The van der Waals surface area contributed by atoms with E-state index >= 15 is 0 Å². The molecule has 0 aliphatic rings. The van der Waals surface area contributed by atoms with Gasteiger partial charge >= 0.3 is 0 Å². The molecule has 1 aromatic heterocycles. The minimum atomic E-state index is -0.151. The van der Waals surface area contributed by atoms with Crippen molar-refractivity contribution in [1.82, 2.24) is 10.3 Å². The lowest BCUT2D eigenvalue weighted by atomic mass is 10.1. The van der Waals surface area contributed by atoms with Crippen molar-refractivity contribution in [3.8, 4) is 5.75 Å². The first-order valence-corrected chi connectivity index (χ1v) is 9.10. The third-order valence-electron chi connectivity index (χ3n) is 3.68. The average Bonchev–Trinajstić information content (AvgIpc) is 3.14. The summed E-state index contributed by atoms with van der Waals surface area (Å²) < 4.78 is 5.69. The number of hydrogen-bond acceptors (Lipinski definition) is 4. The third-order valence-corrected chi connectivity index (χ3v) is 4.57. The van der Waals surface area contributed by atoms with E-state index in [4.69, 9.17) is 16.3 Å². The summed E-state index contributed by atoms with van der Waals surface area (Å²) >= 11 is 7.42. The quantitative estimate of drug-likeness (QED) is 0.671. The SMILES string of the molecule is C[C@H](NC(=O)c1cccc(OCc2cscn2)c1)c1ccc(Cl)cc1. The molecule has 0 aliphatic heterocycles. The molecule has 4 nitrogen and oxygen atoms in total. The number of amides is 1. The van der Waals surface area contributed by atoms with Crippen LogP contribution in [0.3, 0.4) is 0 Å². The number of thiazole rings is 1. The van der Waals surface area contributed by atoms with Crippen LogP contribution in [0.4, 0.5) is 0 Å². The number of benzene rings is 2. The van der Waals surface area contributed by atoms with Crippen LogP contribution in [0.25, 0.3) is 0 Å². The fourth-order valence-corrected chi connectivity index (χ4v) is 2.98. The van der Waals surface area contributed by atoms with Crippen molar-refractivity contribution in [1.29, 1.82) is 0 Å². The number of carbonyl (C=O) groups is 1. The van der Waals surface area contributed by atoms with E-state index in [2.05, 4.69) is 10.3 Å². The van der Waals surface area contributed by atoms with Crippen LogP contribution >= 0.6 is 22.9 Å². The molecule has 1 amide bonds. The Hall–Kier alpha value is -2.37. The van der Waals surface area contributed by atoms with Crippen molar-refractivity contribution >= 4 is 28.8 Å². The van der Waals surface area contributed by atoms with Gasteiger partial charge in [0.25, 0.3) is 5.91 Å². The zero-order valence-corrected chi connectivity index (χ0v) is 15.2. The zero-order chi connectivity index (χ0) is 17.6. The van der Waals surface area contributed by atoms with Crippen molar-refractivity contribution < 1.29 is 9.53 Å². The van der Waals surface area contributed by atoms with Crippen LogP contribution in [0.15, 0.2) is 59.4 Å². The number of halogens is 1. The first-order valence-electron chi connectivity index (χ1n) is 7.78. The van der Waals surface area contributed by atoms with Crippen molar-refractivity contribution in [2.75, 3.05) is 0 Å². The van der Waals surface area contributed by atoms with Gasteiger partial charge < -0.3 is 10.1 Å². The molecule has 0 saturated heterocycles. The van der Waals surface area contributed by atoms with E-state index in [1.165, 1.54) is 11.3 Å². The predicted molar refractivity (Wildman–Crippen MR) is 100 cm³/mol. The molecule has 0 saturated carbocycles. The summed E-state index contributed by atoms with van der Waals surface area (Å²) in [5.41, 5.74) is 4.18. The standard InChI is InChI=1S/C19H17ClN2O2S/c1-13(14-5-7-16(20)8-6-14)22-19(23)15-3-2-4-18(9-15)24-10-17-11-25-12-21-17/h2-9,11-13H,10H2,1H3,(H,22,23)/t13-/m0/s1. The largest absolute Gasteiger partial charge is 0.487 e. The lowest BCUT2D eigenvalue weighted by Gasteiger charge is -2.15. The van der Waals surface area contributed by atoms with E-state index in [0.29, 0.717) is 22.9 Å². The highest BCUT2D eigenvalue weighted by Gasteiger charge is 2.12. The minimum absolute atomic E-state index is 0.121. The van der Waals surface area contributed by atoms with Crippen LogP contribution in [0.1, 0.15) is 34.6 Å². The van der Waals surface area contributed by atoms with Crippen molar-refractivity contribution in [2.24, 2.45) is 0 Å². The fraction of sp³-hybridized carbons (Fsp3) is 0.158. The van der Waals surface area contributed by atoms with Gasteiger partial charge in [0.1, 0.15) is 12.4 Å². The molecule has 2 aromatic carbocycles. The highest BCUT2D eigenvalue weighted by molar-refractivity contribution is 7.07. The molecule has 0 unspecified atom stereocenters. The Balaban J connectivity index is 1.63. The normalized spacial score (nSPS) is 11.8. The molecule has 6 heteroatoms. The highest BCUT2D eigenvalue weighted by atomic mass is 35.5. The molecule has 0 radical (unpaired) electrons. The molecule has 128 valence electrons. The molecule has 25 heavy (non-hydrogen) atoms. The van der Waals surface area contributed by atoms with E-state index in [-0.39, 0.29) is 11.9 Å². The number of nitrogens with zero attached hydrogens (tertiary/aromatic N) is 1. The second kappa shape index (κ2) is 8.14. The molecule has 1 N–H and O–H groups in total. The minimum Gasteiger partial charge on any atom is -0.487 e. The summed E-state index contributed by atoms with van der Waals surface area (Å²) in [7, 11) is 0. The van der Waals surface area contributed by atoms with Gasteiger partial charge in [0.15, 0.2) is 0 Å². The van der Waals surface area contributed by atoms with Crippen molar-refractivity contribution in [3.05, 3.63) is 81.3 Å². The Kier molecular flexibility index (Phi) is 5.68. The molecular weight excluding hydrogens is 356 g/mol. The molecule has 3 aromatic rings. The van der Waals surface area contributed by atoms with E-state index in [1.807, 2.05) is 42.6 Å². The molecule has 0 spiro atoms. The zero-order valence-electron chi connectivity index (χ0n) is 13.6. The van der Waals surface area contributed by atoms with Crippen LogP contribution in [-0.4, -0.2) is 10.9 Å². The second-order valence-electron chi connectivity index (χ2n) is 5.54. The van der Waals surface area contributed by atoms with Gasteiger partial charge in [-0.1, -0.05) is 29.8 Å². The molecule has 0 fully saturated rings. The first kappa shape index (κ1) is 17.5. The maximum absolute atomic E-state index is 12.5. The van der Waals surface area contributed by atoms with Gasteiger partial charge in [-0.2, -0.15) is 0 Å². The van der Waals surface area contributed by atoms with Gasteiger partial charge in [-0.25, -0.2) is 4.98 Å². The van der Waals surface area contributed by atoms with Gasteiger partial charge in [0, 0.05) is 16.0 Å². The number of carbonyl (C=O) groups excluding carboxylic acids is 1. The summed E-state index contributed by atoms with van der Waals surface area (Å²) in [4.78, 5) is 16.6. The lowest BCUT2D eigenvalue weighted by Crippen LogP contribution is -2.26. The van der Waals surface area contributed by atoms with Crippen LogP contribution in [0, 0.1) is 0 Å². The smallest absolute Gasteiger partial charge is 0.251 e. The van der Waals surface area contributed by atoms with E-state index in [9.17, 15) is 4.79 Å². The topological polar surface area (TPSA) is 51.2 Å². The Morgan fingerprint density at radius 1 is 1.28 bits per heavy atom. The molecule has 1 heterocycles. The predicted octanol–water partition coefficient (Wildman–Crippen LogP) is 4.87. The highest BCUT2D eigenvalue weighted by Crippen LogP contribution is 2.19. The number of nitrogens with one attached hydrogen (secondary N) is 1. The fourth-order valence-electron chi connectivity index (χ4n) is 2.31. The Bertz CT molecular complexity index is 835. The number of ether oxygens (including phenoxy) is 1. The molecule has 3 rings (SSSR count). The summed E-state index contributed by atoms with van der Waals surface area (Å²) in [6.45, 7) is 2.32. The van der Waals surface area contributed by atoms with E-state index in [1.54, 1.807) is 23.7 Å². The third kappa shape index (κ3) is 4.81. The van der Waals surface area contributed by atoms with Gasteiger partial charge in [-0.3, -0.25) is 4.79 Å². The van der Waals surface area contributed by atoms with E-state index < -0.39 is 0 Å². The van der Waals surface area contributed by atoms with Crippen LogP contribution in [-0.2, 0) is 6.61 Å². The number of aromatic nitrogens is 1. The van der Waals surface area contributed by atoms with Gasteiger partial charge in [-0.05, 0) is 42.8 Å². The van der Waals surface area contributed by atoms with E-state index in [0.717, 1.165) is 11.3 Å². The summed E-state index contributed by atoms with van der Waals surface area (Å²) in [5, 5.41) is 5.59. The summed E-state index contributed by atoms with van der Waals surface area (Å²) in [5.74, 6) is 0.487. The molecule has 1 atom stereocenters. The Morgan fingerprint density at radius 3 is 2.80 bits per heavy atom. The second-order valence-corrected chi connectivity index (χ2v) is 6.70. The van der Waals surface area contributed by atoms with Crippen molar-refractivity contribution in [2.45, 2.75) is 19.6 Å². The molecular formula is C19H17ClN2O2S. The van der Waals surface area contributed by atoms with Crippen molar-refractivity contribution in [3.63, 3.8) is 0 Å². The Labute approximate surface area is 155 Å².